The highest BCUT2D eigenvalue weighted by atomic mass is 16.2. The van der Waals surface area contributed by atoms with Gasteiger partial charge in [0.2, 0.25) is 5.91 Å². The molecule has 1 saturated carbocycles. The molecule has 1 atom stereocenters. The van der Waals surface area contributed by atoms with Crippen LogP contribution in [-0.2, 0) is 4.79 Å². The van der Waals surface area contributed by atoms with E-state index in [1.807, 2.05) is 7.05 Å². The van der Waals surface area contributed by atoms with Gasteiger partial charge in [-0.1, -0.05) is 30.9 Å². The van der Waals surface area contributed by atoms with Crippen LogP contribution >= 0.6 is 0 Å². The van der Waals surface area contributed by atoms with Crippen LogP contribution in [0.4, 0.5) is 0 Å². The Labute approximate surface area is 158 Å². The number of nitrogens with one attached hydrogen (secondary N) is 2. The molecular formula is C21H36N4O. The van der Waals surface area contributed by atoms with Gasteiger partial charge in [0.15, 0.2) is 5.96 Å². The number of likely N-dealkylation sites (tertiary alicyclic amines) is 1. The van der Waals surface area contributed by atoms with Crippen LogP contribution in [0.15, 0.2) is 16.6 Å². The lowest BCUT2D eigenvalue weighted by atomic mass is 9.88. The molecular weight excluding hydrogens is 324 g/mol. The van der Waals surface area contributed by atoms with E-state index in [-0.39, 0.29) is 5.92 Å². The summed E-state index contributed by atoms with van der Waals surface area (Å²) < 4.78 is 0. The maximum absolute atomic E-state index is 12.7. The number of carbonyl (C=O) groups excluding carboxylic acids is 1. The molecule has 0 spiro atoms. The van der Waals surface area contributed by atoms with Gasteiger partial charge in [-0.3, -0.25) is 9.79 Å². The van der Waals surface area contributed by atoms with Crippen LogP contribution in [0.25, 0.3) is 0 Å². The maximum Gasteiger partial charge on any atom is 0.225 e. The van der Waals surface area contributed by atoms with Gasteiger partial charge in [-0.15, -0.1) is 0 Å². The zero-order valence-corrected chi connectivity index (χ0v) is 16.4. The van der Waals surface area contributed by atoms with E-state index in [0.29, 0.717) is 11.9 Å². The number of hydrogen-bond donors (Lipinski definition) is 2. The highest BCUT2D eigenvalue weighted by molar-refractivity contribution is 5.81. The summed E-state index contributed by atoms with van der Waals surface area (Å²) in [5, 5.41) is 6.96. The third-order valence-corrected chi connectivity index (χ3v) is 6.14. The number of allylic oxidation sites excluding steroid dienone is 1. The van der Waals surface area contributed by atoms with Crippen LogP contribution in [-0.4, -0.2) is 49.5 Å². The van der Waals surface area contributed by atoms with Crippen LogP contribution in [0.1, 0.15) is 70.6 Å². The average Bonchev–Trinajstić information content (AvgIpc) is 3.16. The lowest BCUT2D eigenvalue weighted by Gasteiger charge is -2.26. The van der Waals surface area contributed by atoms with Crippen LogP contribution < -0.4 is 10.6 Å². The van der Waals surface area contributed by atoms with Crippen LogP contribution in [0.5, 0.6) is 0 Å². The Morgan fingerprint density at radius 1 is 1.19 bits per heavy atom. The lowest BCUT2D eigenvalue weighted by Crippen LogP contribution is -2.45. The highest BCUT2D eigenvalue weighted by Crippen LogP contribution is 2.26. The summed E-state index contributed by atoms with van der Waals surface area (Å²) in [6, 6.07) is 0.322. The van der Waals surface area contributed by atoms with Crippen molar-refractivity contribution in [2.24, 2.45) is 10.9 Å². The van der Waals surface area contributed by atoms with E-state index in [2.05, 4.69) is 26.6 Å². The van der Waals surface area contributed by atoms with Gasteiger partial charge < -0.3 is 15.5 Å². The first-order valence-electron chi connectivity index (χ1n) is 10.7. The topological polar surface area (TPSA) is 56.7 Å². The van der Waals surface area contributed by atoms with Gasteiger partial charge in [-0.05, 0) is 51.4 Å². The van der Waals surface area contributed by atoms with E-state index in [9.17, 15) is 4.79 Å². The zero-order chi connectivity index (χ0) is 18.2. The van der Waals surface area contributed by atoms with E-state index in [1.165, 1.54) is 44.9 Å². The molecule has 0 aromatic carbocycles. The first-order valence-corrected chi connectivity index (χ1v) is 10.7. The normalized spacial score (nSPS) is 25.1. The Kier molecular flexibility index (Phi) is 7.39. The molecule has 0 aromatic rings. The summed E-state index contributed by atoms with van der Waals surface area (Å²) in [7, 11) is 1.83. The minimum Gasteiger partial charge on any atom is -0.356 e. The molecule has 5 nitrogen and oxygen atoms in total. The Balaban J connectivity index is 1.38. The van der Waals surface area contributed by atoms with Crippen molar-refractivity contribution in [2.75, 3.05) is 26.7 Å². The quantitative estimate of drug-likeness (QED) is 0.450. The van der Waals surface area contributed by atoms with E-state index in [0.717, 1.165) is 51.3 Å². The molecule has 1 saturated heterocycles. The summed E-state index contributed by atoms with van der Waals surface area (Å²) in [5.41, 5.74) is 1.59. The molecule has 1 heterocycles. The number of aliphatic imine (C=N–C) groups is 1. The van der Waals surface area contributed by atoms with Crippen molar-refractivity contribution in [3.8, 4) is 0 Å². The SMILES string of the molecule is CN=C(NCCC1=CCCCC1)NC1CCN(C(=O)C2CCCCC2)C1. The number of nitrogens with zero attached hydrogens (tertiary/aromatic N) is 2. The maximum atomic E-state index is 12.7. The lowest BCUT2D eigenvalue weighted by molar-refractivity contribution is -0.135. The zero-order valence-electron chi connectivity index (χ0n) is 16.4. The fourth-order valence-electron chi connectivity index (χ4n) is 4.55. The van der Waals surface area contributed by atoms with Gasteiger partial charge in [0.25, 0.3) is 0 Å². The standard InChI is InChI=1S/C21H36N4O/c1-22-21(23-14-12-17-8-4-2-5-9-17)24-19-13-15-25(16-19)20(26)18-10-6-3-7-11-18/h8,18-19H,2-7,9-16H2,1H3,(H2,22,23,24). The minimum atomic E-state index is 0.281. The largest absolute Gasteiger partial charge is 0.356 e. The van der Waals surface area contributed by atoms with Crippen molar-refractivity contribution < 1.29 is 4.79 Å². The van der Waals surface area contributed by atoms with Gasteiger partial charge >= 0.3 is 0 Å². The molecule has 3 aliphatic rings. The molecule has 5 heteroatoms. The van der Waals surface area contributed by atoms with E-state index in [4.69, 9.17) is 0 Å². The van der Waals surface area contributed by atoms with Crippen LogP contribution in [0.3, 0.4) is 0 Å². The number of amides is 1. The number of carbonyl (C=O) groups is 1. The van der Waals surface area contributed by atoms with Crippen molar-refractivity contribution >= 4 is 11.9 Å². The van der Waals surface area contributed by atoms with Crippen LogP contribution in [0, 0.1) is 5.92 Å². The number of rotatable bonds is 5. The molecule has 0 bridgehead atoms. The molecule has 3 rings (SSSR count). The second kappa shape index (κ2) is 9.98. The number of guanidine groups is 1. The van der Waals surface area contributed by atoms with Crippen molar-refractivity contribution in [1.29, 1.82) is 0 Å². The summed E-state index contributed by atoms with van der Waals surface area (Å²) in [5.74, 6) is 1.54. The minimum absolute atomic E-state index is 0.281. The van der Waals surface area contributed by atoms with Gasteiger partial charge in [0, 0.05) is 38.6 Å². The van der Waals surface area contributed by atoms with Crippen molar-refractivity contribution in [3.05, 3.63) is 11.6 Å². The first kappa shape index (κ1) is 19.2. The van der Waals surface area contributed by atoms with Gasteiger partial charge in [0.05, 0.1) is 0 Å². The highest BCUT2D eigenvalue weighted by Gasteiger charge is 2.31. The van der Waals surface area contributed by atoms with Gasteiger partial charge in [0.1, 0.15) is 0 Å². The van der Waals surface area contributed by atoms with Gasteiger partial charge in [-0.2, -0.15) is 0 Å². The smallest absolute Gasteiger partial charge is 0.225 e. The molecule has 146 valence electrons. The molecule has 1 aliphatic heterocycles. The first-order chi connectivity index (χ1) is 12.8. The van der Waals surface area contributed by atoms with Crippen molar-refractivity contribution in [3.63, 3.8) is 0 Å². The van der Waals surface area contributed by atoms with Crippen LogP contribution in [0.2, 0.25) is 0 Å². The molecule has 0 aromatic heterocycles. The second-order valence-electron chi connectivity index (χ2n) is 8.11. The third kappa shape index (κ3) is 5.49. The Hall–Kier alpha value is -1.52. The summed E-state index contributed by atoms with van der Waals surface area (Å²) >= 11 is 0. The van der Waals surface area contributed by atoms with Gasteiger partial charge in [-0.25, -0.2) is 0 Å². The summed E-state index contributed by atoms with van der Waals surface area (Å²) in [6.07, 6.45) is 15.6. The molecule has 2 aliphatic carbocycles. The monoisotopic (exact) mass is 360 g/mol. The second-order valence-corrected chi connectivity index (χ2v) is 8.11. The fraction of sp³-hybridized carbons (Fsp3) is 0.810. The molecule has 0 radical (unpaired) electrons. The summed E-state index contributed by atoms with van der Waals surface area (Å²) in [4.78, 5) is 19.1. The molecule has 26 heavy (non-hydrogen) atoms. The summed E-state index contributed by atoms with van der Waals surface area (Å²) in [6.45, 7) is 2.64. The fourth-order valence-corrected chi connectivity index (χ4v) is 4.55. The van der Waals surface area contributed by atoms with E-state index >= 15 is 0 Å². The number of hydrogen-bond acceptors (Lipinski definition) is 2. The Bertz CT molecular complexity index is 522. The average molecular weight is 361 g/mol. The Morgan fingerprint density at radius 3 is 2.77 bits per heavy atom. The van der Waals surface area contributed by atoms with Crippen molar-refractivity contribution in [1.82, 2.24) is 15.5 Å². The van der Waals surface area contributed by atoms with E-state index < -0.39 is 0 Å². The molecule has 2 N–H and O–H groups in total. The predicted molar refractivity (Wildman–Crippen MR) is 107 cm³/mol. The molecule has 2 fully saturated rings. The van der Waals surface area contributed by atoms with E-state index in [1.54, 1.807) is 5.57 Å². The molecule has 1 unspecified atom stereocenters. The van der Waals surface area contributed by atoms with Crippen molar-refractivity contribution in [2.45, 2.75) is 76.7 Å². The predicted octanol–water partition coefficient (Wildman–Crippen LogP) is 3.22. The molecule has 1 amide bonds. The third-order valence-electron chi connectivity index (χ3n) is 6.14. The Morgan fingerprint density at radius 2 is 2.04 bits per heavy atom.